The van der Waals surface area contributed by atoms with E-state index >= 15 is 0 Å². The summed E-state index contributed by atoms with van der Waals surface area (Å²) in [6, 6.07) is 29.0. The van der Waals surface area contributed by atoms with E-state index in [1.54, 1.807) is 7.11 Å². The SMILES string of the molecule is COc1ccc(C(NCCOCCNP(=O)(OC(C)C)OC(C)(C)C)(c2ccccc2)c2ccccc2)cc1. The fourth-order valence-electron chi connectivity index (χ4n) is 4.42. The Morgan fingerprint density at radius 2 is 1.28 bits per heavy atom. The molecule has 3 aromatic carbocycles. The largest absolute Gasteiger partial charge is 0.497 e. The first-order chi connectivity index (χ1) is 18.6. The number of ether oxygens (including phenoxy) is 2. The summed E-state index contributed by atoms with van der Waals surface area (Å²) in [5.74, 6) is 0.804. The van der Waals surface area contributed by atoms with E-state index in [0.29, 0.717) is 26.3 Å². The minimum Gasteiger partial charge on any atom is -0.497 e. The van der Waals surface area contributed by atoms with E-state index in [-0.39, 0.29) is 6.10 Å². The predicted octanol–water partition coefficient (Wildman–Crippen LogP) is 6.53. The molecule has 0 heterocycles. The van der Waals surface area contributed by atoms with Crippen molar-refractivity contribution in [2.45, 2.75) is 51.9 Å². The van der Waals surface area contributed by atoms with Crippen molar-refractivity contribution in [1.82, 2.24) is 10.4 Å². The number of benzene rings is 3. The second kappa shape index (κ2) is 14.2. The van der Waals surface area contributed by atoms with Crippen LogP contribution >= 0.6 is 7.75 Å². The maximum atomic E-state index is 13.1. The number of hydrogen-bond donors (Lipinski definition) is 2. The first kappa shape index (κ1) is 31.0. The molecule has 39 heavy (non-hydrogen) atoms. The molecule has 0 saturated heterocycles. The molecule has 0 aromatic heterocycles. The number of methoxy groups -OCH3 is 1. The molecule has 3 aromatic rings. The highest BCUT2D eigenvalue weighted by atomic mass is 31.2. The van der Waals surface area contributed by atoms with E-state index in [0.717, 1.165) is 22.4 Å². The van der Waals surface area contributed by atoms with Gasteiger partial charge in [0.1, 0.15) is 5.75 Å². The van der Waals surface area contributed by atoms with E-state index in [1.807, 2.05) is 58.9 Å². The maximum Gasteiger partial charge on any atom is 0.406 e. The zero-order chi connectivity index (χ0) is 28.4. The van der Waals surface area contributed by atoms with Crippen molar-refractivity contribution in [1.29, 1.82) is 0 Å². The molecule has 0 radical (unpaired) electrons. The number of rotatable bonds is 15. The Labute approximate surface area is 233 Å². The summed E-state index contributed by atoms with van der Waals surface area (Å²) >= 11 is 0. The molecule has 0 fully saturated rings. The Hall–Kier alpha value is -2.51. The van der Waals surface area contributed by atoms with Crippen LogP contribution in [0, 0.1) is 0 Å². The van der Waals surface area contributed by atoms with E-state index in [9.17, 15) is 4.57 Å². The highest BCUT2D eigenvalue weighted by Crippen LogP contribution is 2.48. The maximum absolute atomic E-state index is 13.1. The van der Waals surface area contributed by atoms with E-state index in [2.05, 4.69) is 71.1 Å². The Balaban J connectivity index is 1.72. The summed E-state index contributed by atoms with van der Waals surface area (Å²) in [5.41, 5.74) is 2.12. The van der Waals surface area contributed by atoms with Gasteiger partial charge in [0.15, 0.2) is 0 Å². The van der Waals surface area contributed by atoms with Gasteiger partial charge in [0.05, 0.1) is 37.6 Å². The normalized spacial score (nSPS) is 13.8. The van der Waals surface area contributed by atoms with Gasteiger partial charge in [0, 0.05) is 13.1 Å². The lowest BCUT2D eigenvalue weighted by Crippen LogP contribution is -2.46. The summed E-state index contributed by atoms with van der Waals surface area (Å²) in [6.07, 6.45) is -0.238. The van der Waals surface area contributed by atoms with Crippen molar-refractivity contribution < 1.29 is 23.1 Å². The van der Waals surface area contributed by atoms with Gasteiger partial charge < -0.3 is 9.47 Å². The molecule has 7 nitrogen and oxygen atoms in total. The zero-order valence-electron chi connectivity index (χ0n) is 24.0. The summed E-state index contributed by atoms with van der Waals surface area (Å²) in [4.78, 5) is 0. The highest BCUT2D eigenvalue weighted by Gasteiger charge is 2.36. The molecule has 0 spiro atoms. The second-order valence-electron chi connectivity index (χ2n) is 10.5. The monoisotopic (exact) mass is 554 g/mol. The molecular formula is C31H43N2O5P. The molecular weight excluding hydrogens is 511 g/mol. The Kier molecular flexibility index (Phi) is 11.3. The Morgan fingerprint density at radius 3 is 1.77 bits per heavy atom. The number of nitrogens with one attached hydrogen (secondary N) is 2. The van der Waals surface area contributed by atoms with Crippen LogP contribution in [0.2, 0.25) is 0 Å². The van der Waals surface area contributed by atoms with Gasteiger partial charge in [-0.15, -0.1) is 0 Å². The van der Waals surface area contributed by atoms with Crippen molar-refractivity contribution in [3.8, 4) is 5.75 Å². The molecule has 0 aliphatic rings. The topological polar surface area (TPSA) is 78.0 Å². The third-order valence-corrected chi connectivity index (χ3v) is 7.97. The third kappa shape index (κ3) is 9.00. The average molecular weight is 555 g/mol. The van der Waals surface area contributed by atoms with Gasteiger partial charge in [-0.05, 0) is 63.4 Å². The van der Waals surface area contributed by atoms with Crippen molar-refractivity contribution in [2.24, 2.45) is 0 Å². The van der Waals surface area contributed by atoms with Gasteiger partial charge in [0.2, 0.25) is 0 Å². The van der Waals surface area contributed by atoms with Crippen molar-refractivity contribution in [2.75, 3.05) is 33.4 Å². The van der Waals surface area contributed by atoms with E-state index in [1.165, 1.54) is 0 Å². The second-order valence-corrected chi connectivity index (χ2v) is 12.2. The molecule has 1 atom stereocenters. The van der Waals surface area contributed by atoms with Gasteiger partial charge in [-0.2, -0.15) is 0 Å². The van der Waals surface area contributed by atoms with Gasteiger partial charge in [0.25, 0.3) is 0 Å². The summed E-state index contributed by atoms with van der Waals surface area (Å²) in [5, 5.41) is 6.73. The Bertz CT molecular complexity index is 1130. The summed E-state index contributed by atoms with van der Waals surface area (Å²) < 4.78 is 35.8. The fraction of sp³-hybridized carbons (Fsp3) is 0.419. The van der Waals surface area contributed by atoms with Gasteiger partial charge in [-0.3, -0.25) is 14.4 Å². The molecule has 8 heteroatoms. The minimum atomic E-state index is -3.46. The summed E-state index contributed by atoms with van der Waals surface area (Å²) in [7, 11) is -1.79. The van der Waals surface area contributed by atoms with Crippen LogP contribution in [0.4, 0.5) is 0 Å². The van der Waals surface area contributed by atoms with Crippen LogP contribution in [0.1, 0.15) is 51.3 Å². The Morgan fingerprint density at radius 1 is 0.769 bits per heavy atom. The zero-order valence-corrected chi connectivity index (χ0v) is 24.9. The van der Waals surface area contributed by atoms with Crippen LogP contribution in [0.3, 0.4) is 0 Å². The predicted molar refractivity (Wildman–Crippen MR) is 157 cm³/mol. The lowest BCUT2D eigenvalue weighted by molar-refractivity contribution is 0.0739. The lowest BCUT2D eigenvalue weighted by atomic mass is 9.77. The summed E-state index contributed by atoms with van der Waals surface area (Å²) in [6.45, 7) is 10.9. The van der Waals surface area contributed by atoms with E-state index in [4.69, 9.17) is 18.5 Å². The minimum absolute atomic E-state index is 0.238. The molecule has 2 N–H and O–H groups in total. The van der Waals surface area contributed by atoms with Gasteiger partial charge >= 0.3 is 7.75 Å². The van der Waals surface area contributed by atoms with Crippen LogP contribution in [-0.4, -0.2) is 45.1 Å². The first-order valence-electron chi connectivity index (χ1n) is 13.4. The van der Waals surface area contributed by atoms with Crippen LogP contribution in [0.15, 0.2) is 84.9 Å². The van der Waals surface area contributed by atoms with E-state index < -0.39 is 18.9 Å². The molecule has 0 aliphatic carbocycles. The van der Waals surface area contributed by atoms with Gasteiger partial charge in [-0.25, -0.2) is 9.65 Å². The molecule has 212 valence electrons. The van der Waals surface area contributed by atoms with Crippen LogP contribution < -0.4 is 15.1 Å². The third-order valence-electron chi connectivity index (χ3n) is 5.87. The van der Waals surface area contributed by atoms with Crippen LogP contribution in [0.5, 0.6) is 5.75 Å². The molecule has 0 amide bonds. The van der Waals surface area contributed by atoms with Gasteiger partial charge in [-0.1, -0.05) is 72.8 Å². The standard InChI is InChI=1S/C31H43N2O5P/c1-25(2)37-39(34,38-30(3,4)5)33-22-24-36-23-21-32-31(26-13-9-7-10-14-26,27-15-11-8-12-16-27)28-17-19-29(35-6)20-18-28/h7-20,25,32H,21-24H2,1-6H3,(H,33,34). The quantitative estimate of drug-likeness (QED) is 0.126. The van der Waals surface area contributed by atoms with Crippen molar-refractivity contribution in [3.63, 3.8) is 0 Å². The molecule has 0 bridgehead atoms. The molecule has 0 aliphatic heterocycles. The van der Waals surface area contributed by atoms with Crippen molar-refractivity contribution in [3.05, 3.63) is 102 Å². The molecule has 0 saturated carbocycles. The lowest BCUT2D eigenvalue weighted by Gasteiger charge is -2.37. The average Bonchev–Trinajstić information content (AvgIpc) is 2.90. The molecule has 3 rings (SSSR count). The van der Waals surface area contributed by atoms with Crippen molar-refractivity contribution >= 4 is 7.75 Å². The first-order valence-corrected chi connectivity index (χ1v) is 14.9. The fourth-order valence-corrected chi connectivity index (χ4v) is 6.24. The molecule has 1 unspecified atom stereocenters. The smallest absolute Gasteiger partial charge is 0.406 e. The van der Waals surface area contributed by atoms with Crippen LogP contribution in [-0.2, 0) is 23.9 Å². The number of hydrogen-bond acceptors (Lipinski definition) is 6. The van der Waals surface area contributed by atoms with Crippen LogP contribution in [0.25, 0.3) is 0 Å². The highest BCUT2D eigenvalue weighted by molar-refractivity contribution is 7.51.